The molecule has 0 aliphatic carbocycles. The van der Waals surface area contributed by atoms with Crippen LogP contribution < -0.4 is 9.47 Å². The van der Waals surface area contributed by atoms with Crippen molar-refractivity contribution in [3.63, 3.8) is 0 Å². The van der Waals surface area contributed by atoms with Crippen LogP contribution in [0, 0.1) is 11.3 Å². The molecule has 5 heteroatoms. The van der Waals surface area contributed by atoms with Gasteiger partial charge in [-0.05, 0) is 35.9 Å². The molecule has 1 heterocycles. The summed E-state index contributed by atoms with van der Waals surface area (Å²) >= 11 is 0. The lowest BCUT2D eigenvalue weighted by molar-refractivity contribution is 0.411. The van der Waals surface area contributed by atoms with Crippen LogP contribution in [0.25, 0.3) is 22.6 Å². The van der Waals surface area contributed by atoms with E-state index in [-0.39, 0.29) is 0 Å². The maximum Gasteiger partial charge on any atom is 0.171 e. The molecule has 0 unspecified atom stereocenters. The second-order valence-corrected chi connectivity index (χ2v) is 4.84. The minimum absolute atomic E-state index is 0.430. The van der Waals surface area contributed by atoms with Crippen LogP contribution in [0.15, 0.2) is 47.0 Å². The van der Waals surface area contributed by atoms with Gasteiger partial charge in [0.15, 0.2) is 5.58 Å². The predicted molar refractivity (Wildman–Crippen MR) is 87.0 cm³/mol. The van der Waals surface area contributed by atoms with E-state index in [4.69, 9.17) is 14.0 Å². The van der Waals surface area contributed by atoms with Crippen LogP contribution in [0.4, 0.5) is 0 Å². The van der Waals surface area contributed by atoms with Crippen molar-refractivity contribution in [2.24, 2.45) is 0 Å². The van der Waals surface area contributed by atoms with Gasteiger partial charge in [-0.3, -0.25) is 0 Å². The molecule has 0 fully saturated rings. The predicted octanol–water partition coefficient (Wildman–Crippen LogP) is 3.91. The molecular weight excluding hydrogens is 292 g/mol. The van der Waals surface area contributed by atoms with Crippen LogP contribution in [0.5, 0.6) is 11.5 Å². The van der Waals surface area contributed by atoms with Crippen LogP contribution in [0.1, 0.15) is 11.3 Å². The number of ether oxygens (including phenoxy) is 2. The Morgan fingerprint density at radius 2 is 1.78 bits per heavy atom. The van der Waals surface area contributed by atoms with Gasteiger partial charge in [0.2, 0.25) is 0 Å². The maximum atomic E-state index is 9.47. The minimum atomic E-state index is 0.430. The van der Waals surface area contributed by atoms with Crippen molar-refractivity contribution in [2.45, 2.75) is 0 Å². The summed E-state index contributed by atoms with van der Waals surface area (Å²) in [5.41, 5.74) is 2.40. The lowest BCUT2D eigenvalue weighted by Gasteiger charge is -2.00. The monoisotopic (exact) mass is 306 g/mol. The molecule has 2 aromatic carbocycles. The summed E-state index contributed by atoms with van der Waals surface area (Å²) < 4.78 is 15.6. The number of allylic oxidation sites excluding steroid dienone is 1. The zero-order valence-electron chi connectivity index (χ0n) is 12.7. The van der Waals surface area contributed by atoms with Crippen molar-refractivity contribution < 1.29 is 14.0 Å². The molecule has 114 valence electrons. The topological polar surface area (TPSA) is 68.3 Å². The molecule has 3 rings (SSSR count). The average molecular weight is 306 g/mol. The summed E-state index contributed by atoms with van der Waals surface area (Å²) in [4.78, 5) is 0. The summed E-state index contributed by atoms with van der Waals surface area (Å²) in [5.74, 6) is 1.44. The van der Waals surface area contributed by atoms with Gasteiger partial charge in [-0.25, -0.2) is 0 Å². The van der Waals surface area contributed by atoms with Gasteiger partial charge in [0, 0.05) is 6.07 Å². The van der Waals surface area contributed by atoms with Crippen molar-refractivity contribution in [3.05, 3.63) is 53.7 Å². The van der Waals surface area contributed by atoms with Gasteiger partial charge in [0.05, 0.1) is 25.2 Å². The molecule has 0 aliphatic heterocycles. The molecule has 0 radical (unpaired) electrons. The van der Waals surface area contributed by atoms with Crippen molar-refractivity contribution in [1.82, 2.24) is 5.16 Å². The lowest BCUT2D eigenvalue weighted by Crippen LogP contribution is -1.85. The zero-order chi connectivity index (χ0) is 16.2. The highest BCUT2D eigenvalue weighted by Crippen LogP contribution is 2.28. The number of hydrogen-bond acceptors (Lipinski definition) is 5. The molecule has 23 heavy (non-hydrogen) atoms. The fraction of sp³-hybridized carbons (Fsp3) is 0.111. The largest absolute Gasteiger partial charge is 0.497 e. The number of benzene rings is 2. The van der Waals surface area contributed by atoms with Gasteiger partial charge in [-0.15, -0.1) is 0 Å². The standard InChI is InChI=1S/C18H14N2O3/c1-21-14-5-3-12(4-6-14)9-13(11-19)18-16-8-7-15(22-2)10-17(16)23-20-18/h3-10H,1-2H3. The van der Waals surface area contributed by atoms with Gasteiger partial charge in [0.1, 0.15) is 23.3 Å². The summed E-state index contributed by atoms with van der Waals surface area (Å²) in [6.45, 7) is 0. The number of rotatable bonds is 4. The molecule has 1 aromatic heterocycles. The van der Waals surface area contributed by atoms with Crippen molar-refractivity contribution in [3.8, 4) is 17.6 Å². The molecule has 0 saturated heterocycles. The van der Waals surface area contributed by atoms with E-state index in [1.807, 2.05) is 36.4 Å². The third-order valence-electron chi connectivity index (χ3n) is 3.48. The highest BCUT2D eigenvalue weighted by atomic mass is 16.5. The molecule has 0 atom stereocenters. The van der Waals surface area contributed by atoms with Gasteiger partial charge in [-0.1, -0.05) is 17.3 Å². The molecule has 0 spiro atoms. The van der Waals surface area contributed by atoms with Crippen molar-refractivity contribution in [2.75, 3.05) is 14.2 Å². The summed E-state index contributed by atoms with van der Waals surface area (Å²) in [6, 6.07) is 15.0. The van der Waals surface area contributed by atoms with E-state index in [9.17, 15) is 5.26 Å². The van der Waals surface area contributed by atoms with Gasteiger partial charge < -0.3 is 14.0 Å². The number of methoxy groups -OCH3 is 2. The number of hydrogen-bond donors (Lipinski definition) is 0. The maximum absolute atomic E-state index is 9.47. The average Bonchev–Trinajstić information content (AvgIpc) is 3.03. The Morgan fingerprint density at radius 1 is 1.09 bits per heavy atom. The van der Waals surface area contributed by atoms with Crippen LogP contribution in [-0.4, -0.2) is 19.4 Å². The zero-order valence-corrected chi connectivity index (χ0v) is 12.7. The Labute approximate surface area is 133 Å². The van der Waals surface area contributed by atoms with Crippen LogP contribution in [0.3, 0.4) is 0 Å². The first-order valence-electron chi connectivity index (χ1n) is 6.95. The van der Waals surface area contributed by atoms with Crippen LogP contribution in [0.2, 0.25) is 0 Å². The molecule has 0 N–H and O–H groups in total. The van der Waals surface area contributed by atoms with Crippen molar-refractivity contribution >= 4 is 22.6 Å². The summed E-state index contributed by atoms with van der Waals surface area (Å²) in [5, 5.41) is 14.3. The molecular formula is C18H14N2O3. The molecule has 3 aromatic rings. The Balaban J connectivity index is 2.03. The van der Waals surface area contributed by atoms with E-state index in [0.717, 1.165) is 16.7 Å². The fourth-order valence-electron chi connectivity index (χ4n) is 2.26. The van der Waals surface area contributed by atoms with Crippen molar-refractivity contribution in [1.29, 1.82) is 5.26 Å². The van der Waals surface area contributed by atoms with E-state index < -0.39 is 0 Å². The third-order valence-corrected chi connectivity index (χ3v) is 3.48. The second kappa shape index (κ2) is 6.24. The summed E-state index contributed by atoms with van der Waals surface area (Å²) in [6.07, 6.45) is 1.76. The Bertz CT molecular complexity index is 902. The van der Waals surface area contributed by atoms with Gasteiger partial charge in [0.25, 0.3) is 0 Å². The number of fused-ring (bicyclic) bond motifs is 1. The second-order valence-electron chi connectivity index (χ2n) is 4.84. The summed E-state index contributed by atoms with van der Waals surface area (Å²) in [7, 11) is 3.20. The van der Waals surface area contributed by atoms with Gasteiger partial charge >= 0.3 is 0 Å². The SMILES string of the molecule is COc1ccc(C=C(C#N)c2noc3cc(OC)ccc23)cc1. The first kappa shape index (κ1) is 14.7. The van der Waals surface area contributed by atoms with E-state index in [1.165, 1.54) is 0 Å². The first-order chi connectivity index (χ1) is 11.2. The van der Waals surface area contributed by atoms with Gasteiger partial charge in [-0.2, -0.15) is 5.26 Å². The molecule has 0 amide bonds. The van der Waals surface area contributed by atoms with E-state index in [1.54, 1.807) is 26.4 Å². The number of nitrogens with zero attached hydrogens (tertiary/aromatic N) is 2. The minimum Gasteiger partial charge on any atom is -0.497 e. The number of aromatic nitrogens is 1. The van der Waals surface area contributed by atoms with E-state index in [2.05, 4.69) is 11.2 Å². The smallest absolute Gasteiger partial charge is 0.171 e. The quantitative estimate of drug-likeness (QED) is 0.684. The van der Waals surface area contributed by atoms with Crippen LogP contribution in [-0.2, 0) is 0 Å². The number of nitriles is 1. The molecule has 0 bridgehead atoms. The fourth-order valence-corrected chi connectivity index (χ4v) is 2.26. The van der Waals surface area contributed by atoms with E-state index >= 15 is 0 Å². The lowest BCUT2D eigenvalue weighted by atomic mass is 10.1. The Morgan fingerprint density at radius 3 is 2.43 bits per heavy atom. The molecule has 0 saturated carbocycles. The molecule has 0 aliphatic rings. The Hall–Kier alpha value is -3.26. The molecule has 5 nitrogen and oxygen atoms in total. The third kappa shape index (κ3) is 2.87. The van der Waals surface area contributed by atoms with E-state index in [0.29, 0.717) is 22.6 Å². The highest BCUT2D eigenvalue weighted by molar-refractivity contribution is 5.98. The highest BCUT2D eigenvalue weighted by Gasteiger charge is 2.13. The first-order valence-corrected chi connectivity index (χ1v) is 6.95. The van der Waals surface area contributed by atoms with Crippen LogP contribution >= 0.6 is 0 Å². The Kier molecular flexibility index (Phi) is 3.98. The normalized spacial score (nSPS) is 11.3.